The molecule has 0 aromatic heterocycles. The molecule has 0 fully saturated rings. The third-order valence-electron chi connectivity index (χ3n) is 4.07. The highest BCUT2D eigenvalue weighted by molar-refractivity contribution is 5.83. The van der Waals surface area contributed by atoms with Crippen LogP contribution in [0.15, 0.2) is 0 Å². The first-order valence-corrected chi connectivity index (χ1v) is 6.81. The first kappa shape index (κ1) is 15.4. The summed E-state index contributed by atoms with van der Waals surface area (Å²) in [6.07, 6.45) is 0. The van der Waals surface area contributed by atoms with Crippen LogP contribution < -0.4 is 9.47 Å². The lowest BCUT2D eigenvalue weighted by Gasteiger charge is -2.23. The van der Waals surface area contributed by atoms with Gasteiger partial charge in [-0.25, -0.2) is 0 Å². The number of rotatable bonds is 2. The Bertz CT molecular complexity index is 643. The van der Waals surface area contributed by atoms with Gasteiger partial charge in [-0.1, -0.05) is 0 Å². The zero-order valence-corrected chi connectivity index (χ0v) is 13.2. The van der Waals surface area contributed by atoms with Crippen molar-refractivity contribution in [3.63, 3.8) is 0 Å². The van der Waals surface area contributed by atoms with E-state index < -0.39 is 23.5 Å². The van der Waals surface area contributed by atoms with Gasteiger partial charge in [-0.15, -0.1) is 0 Å². The van der Waals surface area contributed by atoms with E-state index in [1.54, 1.807) is 20.8 Å². The van der Waals surface area contributed by atoms with E-state index in [0.29, 0.717) is 22.6 Å². The molecule has 0 bridgehead atoms. The predicted molar refractivity (Wildman–Crippen MR) is 77.0 cm³/mol. The summed E-state index contributed by atoms with van der Waals surface area (Å²) in [7, 11) is 0. The quantitative estimate of drug-likeness (QED) is 0.670. The zero-order chi connectivity index (χ0) is 16.1. The molecular weight excluding hydrogens is 272 g/mol. The van der Waals surface area contributed by atoms with Crippen molar-refractivity contribution in [3.05, 3.63) is 22.3 Å². The van der Waals surface area contributed by atoms with E-state index in [0.717, 1.165) is 11.1 Å². The predicted octanol–water partition coefficient (Wildman–Crippen LogP) is 2.88. The lowest BCUT2D eigenvalue weighted by Crippen LogP contribution is -2.35. The fraction of sp³-hybridized carbons (Fsp3) is 0.500. The maximum absolute atomic E-state index is 11.7. The molecule has 5 nitrogen and oxygen atoms in total. The summed E-state index contributed by atoms with van der Waals surface area (Å²) in [5, 5.41) is 9.57. The summed E-state index contributed by atoms with van der Waals surface area (Å²) in [6.45, 7) is 10.3. The SMILES string of the molecule is CC(=O)Oc1c(C)c(C)c2c(c1C)C(C(=O)O)C(C)(C)O2. The van der Waals surface area contributed by atoms with Gasteiger partial charge in [-0.2, -0.15) is 0 Å². The fourth-order valence-corrected chi connectivity index (χ4v) is 2.98. The van der Waals surface area contributed by atoms with Crippen LogP contribution >= 0.6 is 0 Å². The highest BCUT2D eigenvalue weighted by Crippen LogP contribution is 2.51. The molecule has 1 aliphatic rings. The molecule has 1 unspecified atom stereocenters. The van der Waals surface area contributed by atoms with Crippen molar-refractivity contribution < 1.29 is 24.2 Å². The van der Waals surface area contributed by atoms with Crippen LogP contribution in [0.3, 0.4) is 0 Å². The van der Waals surface area contributed by atoms with Crippen molar-refractivity contribution in [2.24, 2.45) is 0 Å². The van der Waals surface area contributed by atoms with Crippen LogP contribution in [0.25, 0.3) is 0 Å². The number of esters is 1. The summed E-state index contributed by atoms with van der Waals surface area (Å²) >= 11 is 0. The minimum absolute atomic E-state index is 0.425. The highest BCUT2D eigenvalue weighted by Gasteiger charge is 2.48. The molecule has 0 amide bonds. The molecular formula is C16H20O5. The van der Waals surface area contributed by atoms with Gasteiger partial charge in [-0.3, -0.25) is 9.59 Å². The Hall–Kier alpha value is -2.04. The Labute approximate surface area is 123 Å². The lowest BCUT2D eigenvalue weighted by atomic mass is 9.83. The maximum atomic E-state index is 11.7. The van der Waals surface area contributed by atoms with Crippen molar-refractivity contribution in [1.29, 1.82) is 0 Å². The van der Waals surface area contributed by atoms with E-state index in [4.69, 9.17) is 9.47 Å². The summed E-state index contributed by atoms with van der Waals surface area (Å²) < 4.78 is 11.2. The molecule has 0 radical (unpaired) electrons. The van der Waals surface area contributed by atoms with Gasteiger partial charge in [0, 0.05) is 18.1 Å². The summed E-state index contributed by atoms with van der Waals surface area (Å²) in [4.78, 5) is 23.0. The van der Waals surface area contributed by atoms with Gasteiger partial charge in [-0.05, 0) is 45.7 Å². The monoisotopic (exact) mass is 292 g/mol. The van der Waals surface area contributed by atoms with Crippen LogP contribution in [0, 0.1) is 20.8 Å². The van der Waals surface area contributed by atoms with Gasteiger partial charge < -0.3 is 14.6 Å². The zero-order valence-electron chi connectivity index (χ0n) is 13.2. The maximum Gasteiger partial charge on any atom is 0.315 e. The Morgan fingerprint density at radius 3 is 2.19 bits per heavy atom. The second-order valence-corrected chi connectivity index (χ2v) is 6.02. The summed E-state index contributed by atoms with van der Waals surface area (Å²) in [5.41, 5.74) is 2.02. The Morgan fingerprint density at radius 1 is 1.14 bits per heavy atom. The summed E-state index contributed by atoms with van der Waals surface area (Å²) in [6, 6.07) is 0. The van der Waals surface area contributed by atoms with Gasteiger partial charge >= 0.3 is 11.9 Å². The number of carboxylic acid groups (broad SMARTS) is 1. The van der Waals surface area contributed by atoms with Gasteiger partial charge in [0.05, 0.1) is 0 Å². The Morgan fingerprint density at radius 2 is 1.71 bits per heavy atom. The van der Waals surface area contributed by atoms with Crippen LogP contribution in [-0.2, 0) is 9.59 Å². The van der Waals surface area contributed by atoms with Gasteiger partial charge in [0.15, 0.2) is 0 Å². The standard InChI is InChI=1S/C16H20O5/c1-7-8(2)14-11(9(3)13(7)20-10(4)17)12(15(18)19)16(5,6)21-14/h12H,1-6H3,(H,18,19). The largest absolute Gasteiger partial charge is 0.486 e. The van der Waals surface area contributed by atoms with E-state index in [9.17, 15) is 14.7 Å². The molecule has 2 rings (SSSR count). The van der Waals surface area contributed by atoms with Gasteiger partial charge in [0.2, 0.25) is 0 Å². The third-order valence-corrected chi connectivity index (χ3v) is 4.07. The minimum Gasteiger partial charge on any atom is -0.486 e. The fourth-order valence-electron chi connectivity index (χ4n) is 2.98. The van der Waals surface area contributed by atoms with Crippen molar-refractivity contribution in [3.8, 4) is 11.5 Å². The molecule has 21 heavy (non-hydrogen) atoms. The molecule has 0 spiro atoms. The number of hydrogen-bond acceptors (Lipinski definition) is 4. The number of carboxylic acids is 1. The third kappa shape index (κ3) is 2.26. The number of fused-ring (bicyclic) bond motifs is 1. The Kier molecular flexibility index (Phi) is 3.48. The first-order chi connectivity index (χ1) is 9.58. The van der Waals surface area contributed by atoms with Crippen molar-refractivity contribution in [1.82, 2.24) is 0 Å². The minimum atomic E-state index is -0.945. The van der Waals surface area contributed by atoms with Crippen molar-refractivity contribution >= 4 is 11.9 Å². The molecule has 1 heterocycles. The van der Waals surface area contributed by atoms with Crippen LogP contribution in [0.1, 0.15) is 48.9 Å². The highest BCUT2D eigenvalue weighted by atomic mass is 16.5. The van der Waals surface area contributed by atoms with Crippen LogP contribution in [0.5, 0.6) is 11.5 Å². The van der Waals surface area contributed by atoms with Gasteiger partial charge in [0.1, 0.15) is 23.0 Å². The molecule has 0 saturated heterocycles. The molecule has 1 aliphatic heterocycles. The average Bonchev–Trinajstić information content (AvgIpc) is 2.63. The molecule has 5 heteroatoms. The molecule has 1 atom stereocenters. The van der Waals surface area contributed by atoms with Crippen molar-refractivity contribution in [2.45, 2.75) is 53.1 Å². The number of aliphatic carboxylic acids is 1. The number of benzene rings is 1. The van der Waals surface area contributed by atoms with Crippen LogP contribution in [-0.4, -0.2) is 22.6 Å². The number of hydrogen-bond donors (Lipinski definition) is 1. The molecule has 1 N–H and O–H groups in total. The molecule has 0 aliphatic carbocycles. The second-order valence-electron chi connectivity index (χ2n) is 6.02. The van der Waals surface area contributed by atoms with E-state index in [2.05, 4.69) is 0 Å². The number of carbonyl (C=O) groups is 2. The number of ether oxygens (including phenoxy) is 2. The molecule has 0 saturated carbocycles. The second kappa shape index (κ2) is 4.76. The van der Waals surface area contributed by atoms with Crippen LogP contribution in [0.4, 0.5) is 0 Å². The van der Waals surface area contributed by atoms with E-state index in [-0.39, 0.29) is 0 Å². The molecule has 1 aromatic carbocycles. The van der Waals surface area contributed by atoms with E-state index in [1.807, 2.05) is 13.8 Å². The number of carbonyl (C=O) groups excluding carboxylic acids is 1. The topological polar surface area (TPSA) is 72.8 Å². The van der Waals surface area contributed by atoms with Crippen LogP contribution in [0.2, 0.25) is 0 Å². The average molecular weight is 292 g/mol. The Balaban J connectivity index is 2.77. The summed E-state index contributed by atoms with van der Waals surface area (Å²) in [5.74, 6) is -1.13. The van der Waals surface area contributed by atoms with E-state index >= 15 is 0 Å². The molecule has 1 aromatic rings. The smallest absolute Gasteiger partial charge is 0.315 e. The normalized spacial score (nSPS) is 18.9. The van der Waals surface area contributed by atoms with Crippen molar-refractivity contribution in [2.75, 3.05) is 0 Å². The first-order valence-electron chi connectivity index (χ1n) is 6.81. The van der Waals surface area contributed by atoms with E-state index in [1.165, 1.54) is 6.92 Å². The molecule has 114 valence electrons. The lowest BCUT2D eigenvalue weighted by molar-refractivity contribution is -0.142. The van der Waals surface area contributed by atoms with Gasteiger partial charge in [0.25, 0.3) is 0 Å².